The summed E-state index contributed by atoms with van der Waals surface area (Å²) >= 11 is 0. The Morgan fingerprint density at radius 1 is 1.26 bits per heavy atom. The van der Waals surface area contributed by atoms with Gasteiger partial charge in [0.15, 0.2) is 0 Å². The van der Waals surface area contributed by atoms with E-state index >= 15 is 0 Å². The van der Waals surface area contributed by atoms with Crippen molar-refractivity contribution in [2.45, 2.75) is 25.8 Å². The van der Waals surface area contributed by atoms with Gasteiger partial charge in [0, 0.05) is 44.3 Å². The highest BCUT2D eigenvalue weighted by Crippen LogP contribution is 2.31. The fourth-order valence-electron chi connectivity index (χ4n) is 2.73. The molecule has 1 atom stereocenters. The molecule has 102 valence electrons. The third-order valence-electron chi connectivity index (χ3n) is 4.22. The predicted molar refractivity (Wildman–Crippen MR) is 73.5 cm³/mol. The summed E-state index contributed by atoms with van der Waals surface area (Å²) in [5, 5.41) is 0. The molecule has 3 rings (SSSR count). The van der Waals surface area contributed by atoms with Gasteiger partial charge >= 0.3 is 0 Å². The monoisotopic (exact) mass is 259 g/mol. The molecule has 2 aliphatic rings. The molecule has 1 saturated carbocycles. The first-order valence-electron chi connectivity index (χ1n) is 7.19. The molecular weight excluding hydrogens is 238 g/mol. The van der Waals surface area contributed by atoms with Crippen molar-refractivity contribution in [3.05, 3.63) is 30.1 Å². The number of hydrogen-bond acceptors (Lipinski definition) is 3. The van der Waals surface area contributed by atoms with E-state index in [0.29, 0.717) is 17.9 Å². The van der Waals surface area contributed by atoms with E-state index in [1.165, 1.54) is 0 Å². The smallest absolute Gasteiger partial charge is 0.225 e. The van der Waals surface area contributed by atoms with Crippen molar-refractivity contribution in [3.63, 3.8) is 0 Å². The van der Waals surface area contributed by atoms with Crippen molar-refractivity contribution in [1.29, 1.82) is 0 Å². The van der Waals surface area contributed by atoms with Gasteiger partial charge in [-0.3, -0.25) is 14.7 Å². The molecule has 1 amide bonds. The number of amides is 1. The topological polar surface area (TPSA) is 36.4 Å². The second kappa shape index (κ2) is 5.29. The molecule has 0 radical (unpaired) electrons. The predicted octanol–water partition coefficient (Wildman–Crippen LogP) is 1.70. The zero-order valence-corrected chi connectivity index (χ0v) is 11.5. The largest absolute Gasteiger partial charge is 0.340 e. The molecule has 1 aliphatic carbocycles. The second-order valence-corrected chi connectivity index (χ2v) is 5.57. The van der Waals surface area contributed by atoms with E-state index in [0.717, 1.165) is 44.7 Å². The van der Waals surface area contributed by atoms with Crippen LogP contribution in [0, 0.1) is 5.92 Å². The summed E-state index contributed by atoms with van der Waals surface area (Å²) in [6.07, 6.45) is 4.05. The van der Waals surface area contributed by atoms with E-state index in [9.17, 15) is 4.79 Å². The molecule has 2 heterocycles. The van der Waals surface area contributed by atoms with Crippen LogP contribution in [0.5, 0.6) is 0 Å². The highest BCUT2D eigenvalue weighted by Gasteiger charge is 2.35. The molecule has 1 saturated heterocycles. The zero-order valence-electron chi connectivity index (χ0n) is 11.5. The van der Waals surface area contributed by atoms with Crippen LogP contribution in [0.4, 0.5) is 0 Å². The van der Waals surface area contributed by atoms with Crippen LogP contribution in [0.1, 0.15) is 31.5 Å². The van der Waals surface area contributed by atoms with Gasteiger partial charge in [-0.1, -0.05) is 6.07 Å². The minimum atomic E-state index is 0.333. The summed E-state index contributed by atoms with van der Waals surface area (Å²) in [4.78, 5) is 20.9. The fourth-order valence-corrected chi connectivity index (χ4v) is 2.73. The highest BCUT2D eigenvalue weighted by atomic mass is 16.2. The average molecular weight is 259 g/mol. The van der Waals surface area contributed by atoms with E-state index in [1.54, 1.807) is 0 Å². The zero-order chi connectivity index (χ0) is 13.2. The van der Waals surface area contributed by atoms with Crippen LogP contribution in [0.2, 0.25) is 0 Å². The van der Waals surface area contributed by atoms with Crippen LogP contribution >= 0.6 is 0 Å². The second-order valence-electron chi connectivity index (χ2n) is 5.57. The fraction of sp³-hybridized carbons (Fsp3) is 0.600. The number of hydrogen-bond donors (Lipinski definition) is 0. The summed E-state index contributed by atoms with van der Waals surface area (Å²) in [6.45, 7) is 5.84. The van der Waals surface area contributed by atoms with Crippen molar-refractivity contribution < 1.29 is 4.79 Å². The van der Waals surface area contributed by atoms with Gasteiger partial charge in [0.05, 0.1) is 5.69 Å². The van der Waals surface area contributed by atoms with Gasteiger partial charge < -0.3 is 4.90 Å². The van der Waals surface area contributed by atoms with Crippen molar-refractivity contribution in [2.75, 3.05) is 26.2 Å². The van der Waals surface area contributed by atoms with E-state index in [4.69, 9.17) is 0 Å². The molecule has 4 heteroatoms. The van der Waals surface area contributed by atoms with Crippen LogP contribution in [-0.2, 0) is 4.79 Å². The molecule has 0 aromatic carbocycles. The van der Waals surface area contributed by atoms with Crippen molar-refractivity contribution in [1.82, 2.24) is 14.8 Å². The summed E-state index contributed by atoms with van der Waals surface area (Å²) in [7, 11) is 0. The van der Waals surface area contributed by atoms with Crippen LogP contribution in [0.25, 0.3) is 0 Å². The van der Waals surface area contributed by atoms with Gasteiger partial charge in [0.25, 0.3) is 0 Å². The molecule has 1 unspecified atom stereocenters. The number of pyridine rings is 1. The molecule has 1 aromatic rings. The number of piperazine rings is 1. The summed E-state index contributed by atoms with van der Waals surface area (Å²) in [5.74, 6) is 0.727. The quantitative estimate of drug-likeness (QED) is 0.829. The summed E-state index contributed by atoms with van der Waals surface area (Å²) < 4.78 is 0. The Bertz CT molecular complexity index is 436. The van der Waals surface area contributed by atoms with Crippen LogP contribution < -0.4 is 0 Å². The van der Waals surface area contributed by atoms with Crippen molar-refractivity contribution in [2.24, 2.45) is 5.92 Å². The van der Waals surface area contributed by atoms with Crippen LogP contribution in [0.3, 0.4) is 0 Å². The first-order chi connectivity index (χ1) is 9.25. The maximum absolute atomic E-state index is 12.0. The van der Waals surface area contributed by atoms with Gasteiger partial charge in [0.1, 0.15) is 0 Å². The van der Waals surface area contributed by atoms with Crippen molar-refractivity contribution >= 4 is 5.91 Å². The molecule has 19 heavy (non-hydrogen) atoms. The van der Waals surface area contributed by atoms with E-state index < -0.39 is 0 Å². The number of carbonyl (C=O) groups excluding carboxylic acids is 1. The van der Waals surface area contributed by atoms with Crippen LogP contribution in [-0.4, -0.2) is 46.9 Å². The normalized spacial score (nSPS) is 22.3. The Kier molecular flexibility index (Phi) is 3.51. The van der Waals surface area contributed by atoms with Crippen LogP contribution in [0.15, 0.2) is 24.4 Å². The first kappa shape index (κ1) is 12.6. The molecular formula is C15H21N3O. The minimum Gasteiger partial charge on any atom is -0.340 e. The third kappa shape index (κ3) is 2.78. The molecule has 2 fully saturated rings. The molecule has 0 N–H and O–H groups in total. The molecule has 1 aliphatic heterocycles. The van der Waals surface area contributed by atoms with Gasteiger partial charge in [-0.2, -0.15) is 0 Å². The lowest BCUT2D eigenvalue weighted by atomic mass is 10.1. The number of aromatic nitrogens is 1. The maximum Gasteiger partial charge on any atom is 0.225 e. The number of nitrogens with zero attached hydrogens (tertiary/aromatic N) is 3. The number of rotatable bonds is 3. The lowest BCUT2D eigenvalue weighted by Gasteiger charge is -2.38. The summed E-state index contributed by atoms with van der Waals surface area (Å²) in [5.41, 5.74) is 1.12. The highest BCUT2D eigenvalue weighted by molar-refractivity contribution is 5.81. The SMILES string of the molecule is CC(c1ccccn1)N1CCN(C(=O)C2CC2)CC1. The van der Waals surface area contributed by atoms with Gasteiger partial charge in [0.2, 0.25) is 5.91 Å². The van der Waals surface area contributed by atoms with E-state index in [2.05, 4.69) is 22.9 Å². The lowest BCUT2D eigenvalue weighted by Crippen LogP contribution is -2.49. The Hall–Kier alpha value is -1.42. The minimum absolute atomic E-state index is 0.333. The maximum atomic E-state index is 12.0. The van der Waals surface area contributed by atoms with Gasteiger partial charge in [-0.15, -0.1) is 0 Å². The van der Waals surface area contributed by atoms with Gasteiger partial charge in [-0.25, -0.2) is 0 Å². The molecule has 4 nitrogen and oxygen atoms in total. The Labute approximate surface area is 114 Å². The third-order valence-corrected chi connectivity index (χ3v) is 4.22. The first-order valence-corrected chi connectivity index (χ1v) is 7.19. The average Bonchev–Trinajstić information content (AvgIpc) is 3.31. The van der Waals surface area contributed by atoms with E-state index in [1.807, 2.05) is 23.2 Å². The summed E-state index contributed by atoms with van der Waals surface area (Å²) in [6, 6.07) is 6.39. The van der Waals surface area contributed by atoms with Gasteiger partial charge in [-0.05, 0) is 31.9 Å². The number of carbonyl (C=O) groups is 1. The molecule has 0 bridgehead atoms. The van der Waals surface area contributed by atoms with Crippen molar-refractivity contribution in [3.8, 4) is 0 Å². The standard InChI is InChI=1S/C15H21N3O/c1-12(14-4-2-3-7-16-14)17-8-10-18(11-9-17)15(19)13-5-6-13/h2-4,7,12-13H,5-6,8-11H2,1H3. The molecule has 0 spiro atoms. The Balaban J connectivity index is 1.56. The lowest BCUT2D eigenvalue weighted by molar-refractivity contribution is -0.134. The van der Waals surface area contributed by atoms with E-state index in [-0.39, 0.29) is 0 Å². The Morgan fingerprint density at radius 3 is 2.58 bits per heavy atom. The molecule has 1 aromatic heterocycles. The Morgan fingerprint density at radius 2 is 2.00 bits per heavy atom.